The number of nitrogens with one attached hydrogen (secondary N) is 1. The SMILES string of the molecule is CC#CCC(CCOc1cccc(C)c1)NC. The van der Waals surface area contributed by atoms with Gasteiger partial charge in [0.2, 0.25) is 0 Å². The Bertz CT molecular complexity index is 389. The molecule has 0 aliphatic heterocycles. The molecule has 1 aromatic rings. The van der Waals surface area contributed by atoms with Crippen LogP contribution in [-0.2, 0) is 0 Å². The molecule has 1 aromatic carbocycles. The van der Waals surface area contributed by atoms with Crippen molar-refractivity contribution >= 4 is 0 Å². The molecule has 1 rings (SSSR count). The molecule has 0 amide bonds. The van der Waals surface area contributed by atoms with Crippen molar-refractivity contribution in [1.82, 2.24) is 5.32 Å². The number of rotatable bonds is 6. The van der Waals surface area contributed by atoms with Crippen LogP contribution in [0.2, 0.25) is 0 Å². The van der Waals surface area contributed by atoms with Crippen LogP contribution in [-0.4, -0.2) is 19.7 Å². The molecule has 0 heterocycles. The van der Waals surface area contributed by atoms with E-state index in [9.17, 15) is 0 Å². The van der Waals surface area contributed by atoms with E-state index in [0.29, 0.717) is 6.04 Å². The van der Waals surface area contributed by atoms with Crippen molar-refractivity contribution in [1.29, 1.82) is 0 Å². The smallest absolute Gasteiger partial charge is 0.119 e. The molecular weight excluding hydrogens is 210 g/mol. The molecule has 2 heteroatoms. The highest BCUT2D eigenvalue weighted by Gasteiger charge is 2.04. The summed E-state index contributed by atoms with van der Waals surface area (Å²) in [6.45, 7) is 4.66. The van der Waals surface area contributed by atoms with Crippen molar-refractivity contribution in [3.8, 4) is 17.6 Å². The predicted octanol–water partition coefficient (Wildman–Crippen LogP) is 2.77. The van der Waals surface area contributed by atoms with Crippen molar-refractivity contribution in [2.45, 2.75) is 32.7 Å². The third-order valence-corrected chi connectivity index (χ3v) is 2.66. The zero-order valence-corrected chi connectivity index (χ0v) is 10.9. The fraction of sp³-hybridized carbons (Fsp3) is 0.467. The van der Waals surface area contributed by atoms with Gasteiger partial charge in [0, 0.05) is 12.5 Å². The van der Waals surface area contributed by atoms with Gasteiger partial charge >= 0.3 is 0 Å². The lowest BCUT2D eigenvalue weighted by Gasteiger charge is -2.13. The number of benzene rings is 1. The van der Waals surface area contributed by atoms with Gasteiger partial charge in [-0.15, -0.1) is 11.8 Å². The molecule has 92 valence electrons. The van der Waals surface area contributed by atoms with Crippen LogP contribution >= 0.6 is 0 Å². The van der Waals surface area contributed by atoms with Crippen LogP contribution in [0.3, 0.4) is 0 Å². The highest BCUT2D eigenvalue weighted by atomic mass is 16.5. The first kappa shape index (κ1) is 13.6. The minimum atomic E-state index is 0.409. The monoisotopic (exact) mass is 231 g/mol. The maximum Gasteiger partial charge on any atom is 0.119 e. The summed E-state index contributed by atoms with van der Waals surface area (Å²) in [4.78, 5) is 0. The van der Waals surface area contributed by atoms with Crippen LogP contribution in [0.1, 0.15) is 25.3 Å². The quantitative estimate of drug-likeness (QED) is 0.760. The molecule has 0 saturated heterocycles. The Morgan fingerprint density at radius 1 is 1.41 bits per heavy atom. The summed E-state index contributed by atoms with van der Waals surface area (Å²) >= 11 is 0. The maximum atomic E-state index is 5.71. The van der Waals surface area contributed by atoms with Gasteiger partial charge in [-0.2, -0.15) is 0 Å². The Kier molecular flexibility index (Phi) is 6.21. The highest BCUT2D eigenvalue weighted by Crippen LogP contribution is 2.12. The van der Waals surface area contributed by atoms with Gasteiger partial charge in [0.1, 0.15) is 5.75 Å². The van der Waals surface area contributed by atoms with E-state index < -0.39 is 0 Å². The van der Waals surface area contributed by atoms with Gasteiger partial charge in [-0.1, -0.05) is 12.1 Å². The zero-order chi connectivity index (χ0) is 12.5. The van der Waals surface area contributed by atoms with Gasteiger partial charge in [0.05, 0.1) is 6.61 Å². The topological polar surface area (TPSA) is 21.3 Å². The zero-order valence-electron chi connectivity index (χ0n) is 10.9. The molecule has 1 atom stereocenters. The van der Waals surface area contributed by atoms with Gasteiger partial charge in [0.25, 0.3) is 0 Å². The summed E-state index contributed by atoms with van der Waals surface area (Å²) in [5.74, 6) is 6.95. The number of ether oxygens (including phenoxy) is 1. The van der Waals surface area contributed by atoms with Gasteiger partial charge in [-0.25, -0.2) is 0 Å². The number of hydrogen-bond acceptors (Lipinski definition) is 2. The molecular formula is C15H21NO. The maximum absolute atomic E-state index is 5.71. The second-order valence-electron chi connectivity index (χ2n) is 4.07. The van der Waals surface area contributed by atoms with Crippen LogP contribution < -0.4 is 10.1 Å². The fourth-order valence-corrected chi connectivity index (χ4v) is 1.60. The second kappa shape index (κ2) is 7.76. The molecule has 2 nitrogen and oxygen atoms in total. The average Bonchev–Trinajstić information content (AvgIpc) is 2.33. The van der Waals surface area contributed by atoms with Gasteiger partial charge in [-0.05, 0) is 45.0 Å². The van der Waals surface area contributed by atoms with Gasteiger partial charge in [-0.3, -0.25) is 0 Å². The van der Waals surface area contributed by atoms with E-state index in [1.54, 1.807) is 0 Å². The van der Waals surface area contributed by atoms with E-state index in [1.165, 1.54) is 5.56 Å². The third-order valence-electron chi connectivity index (χ3n) is 2.66. The molecule has 0 aliphatic carbocycles. The Balaban J connectivity index is 2.32. The summed E-state index contributed by atoms with van der Waals surface area (Å²) in [5.41, 5.74) is 1.23. The van der Waals surface area contributed by atoms with Crippen LogP contribution in [0.15, 0.2) is 24.3 Å². The molecule has 0 radical (unpaired) electrons. The third kappa shape index (κ3) is 5.42. The largest absolute Gasteiger partial charge is 0.494 e. The Morgan fingerprint density at radius 2 is 2.24 bits per heavy atom. The molecule has 0 aromatic heterocycles. The van der Waals surface area contributed by atoms with Crippen LogP contribution in [0.5, 0.6) is 5.75 Å². The van der Waals surface area contributed by atoms with E-state index in [2.05, 4.69) is 36.2 Å². The molecule has 1 unspecified atom stereocenters. The first-order valence-corrected chi connectivity index (χ1v) is 6.02. The summed E-state index contributed by atoms with van der Waals surface area (Å²) in [6.07, 6.45) is 1.85. The first-order chi connectivity index (χ1) is 8.26. The summed E-state index contributed by atoms with van der Waals surface area (Å²) in [6, 6.07) is 8.54. The van der Waals surface area contributed by atoms with E-state index in [-0.39, 0.29) is 0 Å². The van der Waals surface area contributed by atoms with Crippen molar-refractivity contribution in [2.75, 3.05) is 13.7 Å². The van der Waals surface area contributed by atoms with E-state index in [1.807, 2.05) is 26.1 Å². The van der Waals surface area contributed by atoms with Crippen LogP contribution in [0.4, 0.5) is 0 Å². The van der Waals surface area contributed by atoms with Crippen molar-refractivity contribution < 1.29 is 4.74 Å². The van der Waals surface area contributed by atoms with Crippen molar-refractivity contribution in [3.63, 3.8) is 0 Å². The lowest BCUT2D eigenvalue weighted by molar-refractivity contribution is 0.290. The van der Waals surface area contributed by atoms with E-state index >= 15 is 0 Å². The second-order valence-corrected chi connectivity index (χ2v) is 4.07. The molecule has 1 N–H and O–H groups in total. The molecule has 0 aliphatic rings. The Morgan fingerprint density at radius 3 is 2.88 bits per heavy atom. The fourth-order valence-electron chi connectivity index (χ4n) is 1.60. The lowest BCUT2D eigenvalue weighted by atomic mass is 10.1. The Hall–Kier alpha value is -1.46. The van der Waals surface area contributed by atoms with E-state index in [4.69, 9.17) is 4.74 Å². The van der Waals surface area contributed by atoms with Gasteiger partial charge in [0.15, 0.2) is 0 Å². The molecule has 17 heavy (non-hydrogen) atoms. The summed E-state index contributed by atoms with van der Waals surface area (Å²) in [7, 11) is 1.97. The number of hydrogen-bond donors (Lipinski definition) is 1. The molecule has 0 saturated carbocycles. The lowest BCUT2D eigenvalue weighted by Crippen LogP contribution is -2.26. The minimum Gasteiger partial charge on any atom is -0.494 e. The van der Waals surface area contributed by atoms with E-state index in [0.717, 1.165) is 25.2 Å². The molecule has 0 fully saturated rings. The summed E-state index contributed by atoms with van der Waals surface area (Å²) in [5, 5.41) is 3.25. The Labute approximate surface area is 104 Å². The first-order valence-electron chi connectivity index (χ1n) is 6.02. The van der Waals surface area contributed by atoms with Crippen molar-refractivity contribution in [2.24, 2.45) is 0 Å². The standard InChI is InChI=1S/C15H21NO/c1-4-5-8-14(16-3)10-11-17-15-9-6-7-13(2)12-15/h6-7,9,12,14,16H,8,10-11H2,1-3H3. The molecule has 0 bridgehead atoms. The minimum absolute atomic E-state index is 0.409. The van der Waals surface area contributed by atoms with Crippen LogP contribution in [0, 0.1) is 18.8 Å². The normalized spacial score (nSPS) is 11.5. The van der Waals surface area contributed by atoms with Gasteiger partial charge < -0.3 is 10.1 Å². The predicted molar refractivity (Wildman–Crippen MR) is 72.2 cm³/mol. The summed E-state index contributed by atoms with van der Waals surface area (Å²) < 4.78 is 5.71. The average molecular weight is 231 g/mol. The van der Waals surface area contributed by atoms with Crippen molar-refractivity contribution in [3.05, 3.63) is 29.8 Å². The molecule has 0 spiro atoms. The highest BCUT2D eigenvalue weighted by molar-refractivity contribution is 5.27. The van der Waals surface area contributed by atoms with Crippen LogP contribution in [0.25, 0.3) is 0 Å². The number of aryl methyl sites for hydroxylation is 1.